The maximum absolute atomic E-state index is 13.1. The smallest absolute Gasteiger partial charge is 0.227 e. The van der Waals surface area contributed by atoms with E-state index >= 15 is 0 Å². The summed E-state index contributed by atoms with van der Waals surface area (Å²) in [7, 11) is 0. The first-order valence-electron chi connectivity index (χ1n) is 10.9. The van der Waals surface area contributed by atoms with Crippen molar-refractivity contribution in [3.63, 3.8) is 0 Å². The number of anilines is 2. The number of carbonyl (C=O) groups excluding carboxylic acids is 1. The van der Waals surface area contributed by atoms with E-state index in [4.69, 9.17) is 16.7 Å². The molecular weight excluding hydrogens is 441 g/mol. The van der Waals surface area contributed by atoms with Crippen molar-refractivity contribution in [1.82, 2.24) is 14.6 Å². The highest BCUT2D eigenvalue weighted by Gasteiger charge is 2.27. The molecule has 168 valence electrons. The zero-order valence-corrected chi connectivity index (χ0v) is 18.9. The van der Waals surface area contributed by atoms with Gasteiger partial charge in [0, 0.05) is 53.1 Å². The van der Waals surface area contributed by atoms with Gasteiger partial charge >= 0.3 is 0 Å². The van der Waals surface area contributed by atoms with Crippen molar-refractivity contribution in [2.45, 2.75) is 19.8 Å². The van der Waals surface area contributed by atoms with Crippen molar-refractivity contribution in [3.05, 3.63) is 77.2 Å². The summed E-state index contributed by atoms with van der Waals surface area (Å²) in [6.07, 6.45) is 1.45. The van der Waals surface area contributed by atoms with Gasteiger partial charge in [0.05, 0.1) is 5.69 Å². The van der Waals surface area contributed by atoms with Gasteiger partial charge in [0.2, 0.25) is 5.91 Å². The lowest BCUT2D eigenvalue weighted by atomic mass is 9.95. The minimum atomic E-state index is -0.321. The molecule has 2 aromatic carbocycles. The molecule has 1 N–H and O–H groups in total. The standard InChI is InChI=1S/C25H23ClFN5O/c1-16-14-24(32-23(28-16)15-22(30-32)17-2-4-19(26)5-3-17)31-12-10-18(11-13-31)25(33)29-21-8-6-20(27)7-9-21/h2-9,14-15,18H,10-13H2,1H3,(H,29,33). The average Bonchev–Trinajstić information content (AvgIpc) is 3.24. The average molecular weight is 464 g/mol. The molecule has 0 bridgehead atoms. The van der Waals surface area contributed by atoms with E-state index in [0.29, 0.717) is 10.7 Å². The maximum Gasteiger partial charge on any atom is 0.227 e. The van der Waals surface area contributed by atoms with E-state index in [9.17, 15) is 9.18 Å². The number of fused-ring (bicyclic) bond motifs is 1. The molecule has 1 fully saturated rings. The Bertz CT molecular complexity index is 1300. The summed E-state index contributed by atoms with van der Waals surface area (Å²) in [5, 5.41) is 8.39. The number of aromatic nitrogens is 3. The second-order valence-electron chi connectivity index (χ2n) is 8.32. The van der Waals surface area contributed by atoms with E-state index in [1.165, 1.54) is 12.1 Å². The highest BCUT2D eigenvalue weighted by molar-refractivity contribution is 6.30. The third kappa shape index (κ3) is 4.54. The van der Waals surface area contributed by atoms with Crippen LogP contribution in [0.3, 0.4) is 0 Å². The molecule has 1 amide bonds. The first-order valence-corrected chi connectivity index (χ1v) is 11.3. The molecule has 1 aliphatic rings. The molecule has 2 aromatic heterocycles. The summed E-state index contributed by atoms with van der Waals surface area (Å²) < 4.78 is 15.0. The van der Waals surface area contributed by atoms with Crippen LogP contribution in [-0.4, -0.2) is 33.6 Å². The largest absolute Gasteiger partial charge is 0.356 e. The Morgan fingerprint density at radius 1 is 1.06 bits per heavy atom. The summed E-state index contributed by atoms with van der Waals surface area (Å²) in [5.74, 6) is 0.529. The fraction of sp³-hybridized carbons (Fsp3) is 0.240. The van der Waals surface area contributed by atoms with Gasteiger partial charge < -0.3 is 10.2 Å². The lowest BCUT2D eigenvalue weighted by Gasteiger charge is -2.33. The fourth-order valence-corrected chi connectivity index (χ4v) is 4.34. The summed E-state index contributed by atoms with van der Waals surface area (Å²) in [6, 6.07) is 17.4. The SMILES string of the molecule is Cc1cc(N2CCC(C(=O)Nc3ccc(F)cc3)CC2)n2nc(-c3ccc(Cl)cc3)cc2n1. The number of carbonyl (C=O) groups is 1. The van der Waals surface area contributed by atoms with Gasteiger partial charge in [-0.1, -0.05) is 23.7 Å². The Morgan fingerprint density at radius 3 is 2.45 bits per heavy atom. The van der Waals surface area contributed by atoms with E-state index in [2.05, 4.69) is 15.2 Å². The van der Waals surface area contributed by atoms with Gasteiger partial charge in [0.15, 0.2) is 5.65 Å². The van der Waals surface area contributed by atoms with Crippen LogP contribution in [0.1, 0.15) is 18.5 Å². The lowest BCUT2D eigenvalue weighted by Crippen LogP contribution is -2.39. The number of hydrogen-bond acceptors (Lipinski definition) is 4. The van der Waals surface area contributed by atoms with E-state index in [1.807, 2.05) is 47.8 Å². The van der Waals surface area contributed by atoms with E-state index in [0.717, 1.165) is 54.3 Å². The number of piperidine rings is 1. The van der Waals surface area contributed by atoms with Crippen LogP contribution in [0.5, 0.6) is 0 Å². The van der Waals surface area contributed by atoms with Crippen LogP contribution in [0.25, 0.3) is 16.9 Å². The molecule has 0 unspecified atom stereocenters. The molecular formula is C25H23ClFN5O. The van der Waals surface area contributed by atoms with Crippen LogP contribution in [0, 0.1) is 18.7 Å². The summed E-state index contributed by atoms with van der Waals surface area (Å²) in [4.78, 5) is 19.6. The topological polar surface area (TPSA) is 62.5 Å². The van der Waals surface area contributed by atoms with Crippen LogP contribution in [0.4, 0.5) is 15.9 Å². The third-order valence-corrected chi connectivity index (χ3v) is 6.23. The number of nitrogens with one attached hydrogen (secondary N) is 1. The van der Waals surface area contributed by atoms with Gasteiger partial charge in [0.1, 0.15) is 11.6 Å². The quantitative estimate of drug-likeness (QED) is 0.443. The monoisotopic (exact) mass is 463 g/mol. The molecule has 33 heavy (non-hydrogen) atoms. The highest BCUT2D eigenvalue weighted by atomic mass is 35.5. The van der Waals surface area contributed by atoms with Crippen molar-refractivity contribution >= 4 is 34.7 Å². The molecule has 0 aliphatic carbocycles. The van der Waals surface area contributed by atoms with Gasteiger partial charge in [-0.3, -0.25) is 4.79 Å². The number of benzene rings is 2. The predicted octanol–water partition coefficient (Wildman–Crippen LogP) is 5.35. The Morgan fingerprint density at radius 2 is 1.76 bits per heavy atom. The summed E-state index contributed by atoms with van der Waals surface area (Å²) in [6.45, 7) is 3.44. The van der Waals surface area contributed by atoms with Crippen LogP contribution in [0.15, 0.2) is 60.7 Å². The van der Waals surface area contributed by atoms with Crippen molar-refractivity contribution in [3.8, 4) is 11.3 Å². The maximum atomic E-state index is 13.1. The molecule has 8 heteroatoms. The third-order valence-electron chi connectivity index (χ3n) is 5.98. The second-order valence-corrected chi connectivity index (χ2v) is 8.76. The van der Waals surface area contributed by atoms with Crippen molar-refractivity contribution in [2.24, 2.45) is 5.92 Å². The molecule has 0 spiro atoms. The van der Waals surface area contributed by atoms with Crippen LogP contribution < -0.4 is 10.2 Å². The summed E-state index contributed by atoms with van der Waals surface area (Å²) in [5.41, 5.74) is 4.12. The highest BCUT2D eigenvalue weighted by Crippen LogP contribution is 2.28. The Labute approximate surface area is 196 Å². The Hall–Kier alpha value is -3.45. The normalized spacial score (nSPS) is 14.6. The fourth-order valence-electron chi connectivity index (χ4n) is 4.22. The zero-order valence-electron chi connectivity index (χ0n) is 18.1. The number of halogens is 2. The minimum Gasteiger partial charge on any atom is -0.356 e. The van der Waals surface area contributed by atoms with Crippen molar-refractivity contribution < 1.29 is 9.18 Å². The second kappa shape index (κ2) is 8.83. The van der Waals surface area contributed by atoms with Crippen LogP contribution >= 0.6 is 11.6 Å². The molecule has 0 radical (unpaired) electrons. The first kappa shape index (κ1) is 21.4. The van der Waals surface area contributed by atoms with Gasteiger partial charge in [-0.2, -0.15) is 9.61 Å². The number of hydrogen-bond donors (Lipinski definition) is 1. The Balaban J connectivity index is 1.33. The predicted molar refractivity (Wildman–Crippen MR) is 128 cm³/mol. The molecule has 3 heterocycles. The number of rotatable bonds is 4. The van der Waals surface area contributed by atoms with Crippen molar-refractivity contribution in [2.75, 3.05) is 23.3 Å². The van der Waals surface area contributed by atoms with E-state index in [-0.39, 0.29) is 17.6 Å². The molecule has 5 rings (SSSR count). The van der Waals surface area contributed by atoms with Gasteiger partial charge in [-0.25, -0.2) is 9.37 Å². The van der Waals surface area contributed by atoms with Gasteiger partial charge in [-0.05, 0) is 56.2 Å². The summed E-state index contributed by atoms with van der Waals surface area (Å²) >= 11 is 6.02. The molecule has 0 atom stereocenters. The molecule has 1 aliphatic heterocycles. The van der Waals surface area contributed by atoms with E-state index < -0.39 is 0 Å². The molecule has 6 nitrogen and oxygen atoms in total. The van der Waals surface area contributed by atoms with Crippen molar-refractivity contribution in [1.29, 1.82) is 0 Å². The van der Waals surface area contributed by atoms with Gasteiger partial charge in [0.25, 0.3) is 0 Å². The van der Waals surface area contributed by atoms with Gasteiger partial charge in [-0.15, -0.1) is 0 Å². The number of amides is 1. The van der Waals surface area contributed by atoms with E-state index in [1.54, 1.807) is 12.1 Å². The minimum absolute atomic E-state index is 0.0265. The number of nitrogens with zero attached hydrogens (tertiary/aromatic N) is 4. The first-order chi connectivity index (χ1) is 16.0. The molecule has 1 saturated heterocycles. The van der Waals surface area contributed by atoms with Crippen LogP contribution in [0.2, 0.25) is 5.02 Å². The van der Waals surface area contributed by atoms with Crippen LogP contribution in [-0.2, 0) is 4.79 Å². The number of aryl methyl sites for hydroxylation is 1. The Kier molecular flexibility index (Phi) is 5.72. The lowest BCUT2D eigenvalue weighted by molar-refractivity contribution is -0.120. The zero-order chi connectivity index (χ0) is 22.9. The molecule has 4 aromatic rings. The molecule has 0 saturated carbocycles.